The van der Waals surface area contributed by atoms with E-state index in [0.29, 0.717) is 0 Å². The first-order valence-electron chi connectivity index (χ1n) is 0.775. The second kappa shape index (κ2) is 40.6. The van der Waals surface area contributed by atoms with E-state index in [4.69, 9.17) is 15.1 Å². The zero-order valence-electron chi connectivity index (χ0n) is 7.33. The molecule has 0 aliphatic rings. The molecule has 3 N–H and O–H groups in total. The first-order chi connectivity index (χ1) is 1.73. The number of hydrogen-bond donors (Lipinski definition) is 3. The molecule has 10 heavy (non-hydrogen) atoms. The molecule has 0 amide bonds. The van der Waals surface area contributed by atoms with E-state index in [9.17, 15) is 0 Å². The van der Waals surface area contributed by atoms with Crippen LogP contribution in [0.15, 0.2) is 0 Å². The van der Waals surface area contributed by atoms with Crippen molar-refractivity contribution in [3.63, 3.8) is 0 Å². The molecule has 0 spiro atoms. The first-order valence-corrected chi connectivity index (χ1v) is 0.775. The van der Waals surface area contributed by atoms with Gasteiger partial charge in [0.2, 0.25) is 0 Å². The van der Waals surface area contributed by atoms with Crippen LogP contribution in [0.4, 0.5) is 0 Å². The van der Waals surface area contributed by atoms with Gasteiger partial charge in [-0.3, -0.25) is 0 Å². The van der Waals surface area contributed by atoms with Crippen molar-refractivity contribution in [3.8, 4) is 0 Å². The van der Waals surface area contributed by atoms with Gasteiger partial charge in [-0.15, -0.1) is 0 Å². The van der Waals surface area contributed by atoms with Gasteiger partial charge in [-0.2, -0.15) is 0 Å². The van der Waals surface area contributed by atoms with Crippen LogP contribution in [0.25, 0.3) is 0 Å². The van der Waals surface area contributed by atoms with E-state index < -0.39 is 7.32 Å². The summed E-state index contributed by atoms with van der Waals surface area (Å²) < 4.78 is 0. The molecule has 32 valence electrons. The molecule has 0 saturated carbocycles. The second-order valence-corrected chi connectivity index (χ2v) is 0.346. The Morgan fingerprint density at radius 3 is 0.600 bits per heavy atom. The zero-order chi connectivity index (χ0) is 3.58. The zero-order valence-corrected chi connectivity index (χ0v) is 7.33. The summed E-state index contributed by atoms with van der Waals surface area (Å²) >= 11 is 0. The molecule has 0 fully saturated rings. The number of rotatable bonds is 0. The van der Waals surface area contributed by atoms with Crippen LogP contribution in [0.2, 0.25) is 0 Å². The topological polar surface area (TPSA) is 89.2 Å². The van der Waals surface area contributed by atoms with Crippen molar-refractivity contribution in [2.24, 2.45) is 0 Å². The van der Waals surface area contributed by atoms with E-state index >= 15 is 0 Å². The quantitative estimate of drug-likeness (QED) is 0.272. The van der Waals surface area contributed by atoms with Crippen LogP contribution in [0.1, 0.15) is 0 Å². The van der Waals surface area contributed by atoms with Crippen LogP contribution in [0.5, 0.6) is 0 Å². The van der Waals surface area contributed by atoms with Crippen LogP contribution < -0.4 is 94.3 Å². The second-order valence-electron chi connectivity index (χ2n) is 0.346. The fourth-order valence-electron chi connectivity index (χ4n) is 0. The van der Waals surface area contributed by atoms with Crippen molar-refractivity contribution in [1.29, 1.82) is 0 Å². The average Bonchev–Trinajstić information content (AvgIpc) is 0.811. The minimum Gasteiger partial charge on any atom is -2.00 e. The van der Waals surface area contributed by atoms with E-state index in [1.807, 2.05) is 0 Å². The first kappa shape index (κ1) is 52.5. The third-order valence-electron chi connectivity index (χ3n) is 0. The summed E-state index contributed by atoms with van der Waals surface area (Å²) in [5.41, 5.74) is 0. The Hall–Kier alpha value is 2.89. The summed E-state index contributed by atoms with van der Waals surface area (Å²) in [7, 11) is -2.17. The molecule has 0 aromatic heterocycles. The molecule has 0 bridgehead atoms. The van der Waals surface area contributed by atoms with Gasteiger partial charge < -0.3 is 20.5 Å². The SMILES string of the molecule is OB(O)O.[Li+].[Li+].[Li+].[Li+].[Li+].[O-2]. The maximum Gasteiger partial charge on any atom is 1.00 e. The summed E-state index contributed by atoms with van der Waals surface area (Å²) in [6.45, 7) is 0. The Morgan fingerprint density at radius 2 is 0.600 bits per heavy atom. The van der Waals surface area contributed by atoms with E-state index in [0.717, 1.165) is 0 Å². The van der Waals surface area contributed by atoms with Crippen LogP contribution >= 0.6 is 0 Å². The van der Waals surface area contributed by atoms with Gasteiger partial charge in [0.15, 0.2) is 0 Å². The normalized spacial score (nSPS) is 2.70. The molecule has 0 saturated heterocycles. The Kier molecular flexibility index (Phi) is 213. The van der Waals surface area contributed by atoms with Gasteiger partial charge in [0.1, 0.15) is 0 Å². The monoisotopic (exact) mass is 113 g/mol. The third-order valence-corrected chi connectivity index (χ3v) is 0. The Labute approximate surface area is 121 Å². The smallest absolute Gasteiger partial charge is 1.00 e. The van der Waals surface area contributed by atoms with Crippen LogP contribution in [-0.4, -0.2) is 22.4 Å². The molecule has 0 rings (SSSR count). The van der Waals surface area contributed by atoms with Gasteiger partial charge in [0, 0.05) is 0 Å². The Morgan fingerprint density at radius 1 is 0.600 bits per heavy atom. The molecule has 10 heteroatoms. The fraction of sp³-hybridized carbons (Fsp3) is 0. The predicted molar refractivity (Wildman–Crippen MR) is 13.1 cm³/mol. The van der Waals surface area contributed by atoms with Gasteiger partial charge in [0.25, 0.3) is 0 Å². The van der Waals surface area contributed by atoms with Crippen molar-refractivity contribution < 1.29 is 115 Å². The standard InChI is InChI=1S/BH3O3.5Li.O/c2-1(3)4;;;;;;/h2-4H;;;;;;/q;5*+1;-2. The number of hydrogen-bond acceptors (Lipinski definition) is 3. The van der Waals surface area contributed by atoms with Crippen molar-refractivity contribution in [1.82, 2.24) is 0 Å². The largest absolute Gasteiger partial charge is 2.00 e. The molecule has 0 heterocycles. The van der Waals surface area contributed by atoms with E-state index in [1.165, 1.54) is 0 Å². The maximum atomic E-state index is 7.17. The van der Waals surface area contributed by atoms with E-state index in [-0.39, 0.29) is 99.8 Å². The Balaban J connectivity index is -0.00000000300. The van der Waals surface area contributed by atoms with Crippen molar-refractivity contribution in [3.05, 3.63) is 0 Å². The molecule has 0 aliphatic heterocycles. The molecule has 0 aromatic rings. The summed E-state index contributed by atoms with van der Waals surface area (Å²) in [4.78, 5) is 0. The molecule has 0 radical (unpaired) electrons. The van der Waals surface area contributed by atoms with E-state index in [1.54, 1.807) is 0 Å². The third kappa shape index (κ3) is 127. The molecule has 4 nitrogen and oxygen atoms in total. The molecular formula is H3BLi5O4+3. The van der Waals surface area contributed by atoms with Crippen molar-refractivity contribution in [2.75, 3.05) is 0 Å². The predicted octanol–water partition coefficient (Wildman–Crippen LogP) is -17.2. The molecule has 0 unspecified atom stereocenters. The summed E-state index contributed by atoms with van der Waals surface area (Å²) in [6.07, 6.45) is 0. The Bertz CT molecular complexity index is 18.4. The molecular weight excluding hydrogens is 110 g/mol. The van der Waals surface area contributed by atoms with E-state index in [2.05, 4.69) is 0 Å². The molecule has 0 aliphatic carbocycles. The summed E-state index contributed by atoms with van der Waals surface area (Å²) in [6, 6.07) is 0. The van der Waals surface area contributed by atoms with Crippen LogP contribution in [0, 0.1) is 0 Å². The van der Waals surface area contributed by atoms with Crippen molar-refractivity contribution >= 4 is 7.32 Å². The van der Waals surface area contributed by atoms with Gasteiger partial charge in [-0.05, 0) is 0 Å². The van der Waals surface area contributed by atoms with Gasteiger partial charge >= 0.3 is 102 Å². The van der Waals surface area contributed by atoms with Gasteiger partial charge in [-0.25, -0.2) is 0 Å². The molecule has 0 atom stereocenters. The minimum absolute atomic E-state index is 0. The minimum atomic E-state index is -2.17. The van der Waals surface area contributed by atoms with Gasteiger partial charge in [-0.1, -0.05) is 0 Å². The maximum absolute atomic E-state index is 7.17. The van der Waals surface area contributed by atoms with Gasteiger partial charge in [0.05, 0.1) is 0 Å². The fourth-order valence-corrected chi connectivity index (χ4v) is 0. The summed E-state index contributed by atoms with van der Waals surface area (Å²) in [5.74, 6) is 0. The van der Waals surface area contributed by atoms with Crippen LogP contribution in [-0.2, 0) is 5.48 Å². The van der Waals surface area contributed by atoms with Crippen LogP contribution in [0.3, 0.4) is 0 Å². The summed E-state index contributed by atoms with van der Waals surface area (Å²) in [5, 5.41) is 21.5. The van der Waals surface area contributed by atoms with Crippen molar-refractivity contribution in [2.45, 2.75) is 0 Å². The molecule has 0 aromatic carbocycles. The average molecular weight is 113 g/mol.